The number of benzene rings is 1. The fraction of sp³-hybridized carbons (Fsp3) is 0.600. The molecule has 1 aromatic carbocycles. The molecule has 2 nitrogen and oxygen atoms in total. The van der Waals surface area contributed by atoms with Crippen LogP contribution in [0.4, 0.5) is 5.69 Å². The summed E-state index contributed by atoms with van der Waals surface area (Å²) in [6, 6.07) is 6.08. The molecular formula is C15H21Cl2NO. The Bertz CT molecular complexity index is 455. The van der Waals surface area contributed by atoms with Crippen LogP contribution in [0.25, 0.3) is 0 Å². The lowest BCUT2D eigenvalue weighted by Crippen LogP contribution is -2.57. The Morgan fingerprint density at radius 3 is 2.21 bits per heavy atom. The molecular weight excluding hydrogens is 281 g/mol. The van der Waals surface area contributed by atoms with Crippen LogP contribution in [0.2, 0.25) is 5.02 Å². The number of morpholine rings is 1. The van der Waals surface area contributed by atoms with Crippen molar-refractivity contribution >= 4 is 28.9 Å². The first-order valence-electron chi connectivity index (χ1n) is 6.52. The van der Waals surface area contributed by atoms with Crippen LogP contribution in [-0.2, 0) is 10.6 Å². The molecule has 2 rings (SSSR count). The van der Waals surface area contributed by atoms with Gasteiger partial charge in [0.2, 0.25) is 0 Å². The van der Waals surface area contributed by atoms with E-state index in [1.54, 1.807) is 0 Å². The van der Waals surface area contributed by atoms with Gasteiger partial charge in [0.25, 0.3) is 0 Å². The number of nitrogens with zero attached hydrogens (tertiary/aromatic N) is 1. The third kappa shape index (κ3) is 3.56. The van der Waals surface area contributed by atoms with Gasteiger partial charge in [-0.05, 0) is 45.4 Å². The predicted octanol–water partition coefficient (Wildman–Crippen LogP) is 4.47. The molecule has 0 aliphatic carbocycles. The zero-order valence-corrected chi connectivity index (χ0v) is 13.5. The molecule has 0 N–H and O–H groups in total. The molecule has 1 aliphatic rings. The van der Waals surface area contributed by atoms with E-state index in [9.17, 15) is 0 Å². The predicted molar refractivity (Wildman–Crippen MR) is 82.5 cm³/mol. The van der Waals surface area contributed by atoms with Crippen LogP contribution in [0.5, 0.6) is 0 Å². The quantitative estimate of drug-likeness (QED) is 0.747. The standard InChI is InChI=1S/C15H21Cl2NO/c1-14(2)9-18(10-15(3,4)19-14)12-6-5-11(8-16)13(17)7-12/h5-7H,8-10H2,1-4H3. The van der Waals surface area contributed by atoms with Crippen LogP contribution in [0.1, 0.15) is 33.3 Å². The van der Waals surface area contributed by atoms with Crippen LogP contribution >= 0.6 is 23.2 Å². The molecule has 1 saturated heterocycles. The second-order valence-electron chi connectivity index (χ2n) is 6.39. The molecule has 0 amide bonds. The second kappa shape index (κ2) is 5.16. The second-order valence-corrected chi connectivity index (χ2v) is 7.06. The summed E-state index contributed by atoms with van der Waals surface area (Å²) in [5, 5.41) is 0.731. The number of alkyl halides is 1. The fourth-order valence-corrected chi connectivity index (χ4v) is 3.35. The summed E-state index contributed by atoms with van der Waals surface area (Å²) in [6.07, 6.45) is 0. The zero-order valence-electron chi connectivity index (χ0n) is 12.0. The highest BCUT2D eigenvalue weighted by atomic mass is 35.5. The minimum absolute atomic E-state index is 0.167. The van der Waals surface area contributed by atoms with Crippen LogP contribution in [0.15, 0.2) is 18.2 Å². The summed E-state index contributed by atoms with van der Waals surface area (Å²) in [5.74, 6) is 0.444. The molecule has 0 unspecified atom stereocenters. The average Bonchev–Trinajstić information content (AvgIpc) is 2.24. The van der Waals surface area contributed by atoms with Crippen molar-refractivity contribution < 1.29 is 4.74 Å². The van der Waals surface area contributed by atoms with Crippen LogP contribution < -0.4 is 4.90 Å². The highest BCUT2D eigenvalue weighted by Crippen LogP contribution is 2.33. The van der Waals surface area contributed by atoms with E-state index in [-0.39, 0.29) is 11.2 Å². The molecule has 1 aromatic rings. The fourth-order valence-electron chi connectivity index (χ4n) is 2.81. The molecule has 19 heavy (non-hydrogen) atoms. The molecule has 1 fully saturated rings. The molecule has 4 heteroatoms. The first kappa shape index (κ1) is 15.0. The van der Waals surface area contributed by atoms with Crippen molar-refractivity contribution in [2.24, 2.45) is 0 Å². The van der Waals surface area contributed by atoms with E-state index in [1.807, 2.05) is 12.1 Å². The van der Waals surface area contributed by atoms with Gasteiger partial charge in [-0.3, -0.25) is 0 Å². The summed E-state index contributed by atoms with van der Waals surface area (Å²) in [7, 11) is 0. The van der Waals surface area contributed by atoms with E-state index in [0.29, 0.717) is 5.88 Å². The summed E-state index contributed by atoms with van der Waals surface area (Å²) in [4.78, 5) is 2.33. The van der Waals surface area contributed by atoms with Gasteiger partial charge in [-0.1, -0.05) is 17.7 Å². The van der Waals surface area contributed by atoms with E-state index in [4.69, 9.17) is 27.9 Å². The van der Waals surface area contributed by atoms with E-state index in [0.717, 1.165) is 29.4 Å². The van der Waals surface area contributed by atoms with Crippen LogP contribution in [0.3, 0.4) is 0 Å². The number of halogens is 2. The molecule has 0 spiro atoms. The molecule has 0 radical (unpaired) electrons. The van der Waals surface area contributed by atoms with Crippen molar-refractivity contribution in [3.05, 3.63) is 28.8 Å². The Balaban J connectivity index is 2.28. The third-order valence-corrected chi connectivity index (χ3v) is 3.88. The van der Waals surface area contributed by atoms with Gasteiger partial charge in [0.1, 0.15) is 0 Å². The summed E-state index contributed by atoms with van der Waals surface area (Å²) >= 11 is 12.1. The smallest absolute Gasteiger partial charge is 0.0808 e. The van der Waals surface area contributed by atoms with Crippen molar-refractivity contribution in [2.75, 3.05) is 18.0 Å². The average molecular weight is 302 g/mol. The largest absolute Gasteiger partial charge is 0.366 e. The Morgan fingerprint density at radius 2 is 1.74 bits per heavy atom. The number of anilines is 1. The maximum Gasteiger partial charge on any atom is 0.0808 e. The monoisotopic (exact) mass is 301 g/mol. The minimum Gasteiger partial charge on any atom is -0.366 e. The lowest BCUT2D eigenvalue weighted by atomic mass is 9.98. The van der Waals surface area contributed by atoms with Gasteiger partial charge in [0.15, 0.2) is 0 Å². The minimum atomic E-state index is -0.167. The Labute approximate surface area is 125 Å². The van der Waals surface area contributed by atoms with Gasteiger partial charge in [0.05, 0.1) is 11.2 Å². The van der Waals surface area contributed by atoms with Crippen molar-refractivity contribution in [1.82, 2.24) is 0 Å². The van der Waals surface area contributed by atoms with Gasteiger partial charge < -0.3 is 9.64 Å². The van der Waals surface area contributed by atoms with Crippen molar-refractivity contribution in [3.8, 4) is 0 Å². The first-order chi connectivity index (χ1) is 8.72. The van der Waals surface area contributed by atoms with Gasteiger partial charge in [-0.2, -0.15) is 0 Å². The first-order valence-corrected chi connectivity index (χ1v) is 7.43. The Hall–Kier alpha value is -0.440. The molecule has 106 valence electrons. The van der Waals surface area contributed by atoms with E-state index in [1.165, 1.54) is 0 Å². The van der Waals surface area contributed by atoms with Gasteiger partial charge in [0, 0.05) is 29.7 Å². The van der Waals surface area contributed by atoms with Gasteiger partial charge in [-0.25, -0.2) is 0 Å². The summed E-state index contributed by atoms with van der Waals surface area (Å²) in [6.45, 7) is 10.2. The van der Waals surface area contributed by atoms with Gasteiger partial charge in [-0.15, -0.1) is 11.6 Å². The summed E-state index contributed by atoms with van der Waals surface area (Å²) in [5.41, 5.74) is 1.76. The highest BCUT2D eigenvalue weighted by molar-refractivity contribution is 6.32. The lowest BCUT2D eigenvalue weighted by molar-refractivity contribution is -0.133. The van der Waals surface area contributed by atoms with Crippen molar-refractivity contribution in [1.29, 1.82) is 0 Å². The summed E-state index contributed by atoms with van der Waals surface area (Å²) < 4.78 is 6.09. The number of ether oxygens (including phenoxy) is 1. The van der Waals surface area contributed by atoms with Crippen molar-refractivity contribution in [2.45, 2.75) is 44.8 Å². The molecule has 1 heterocycles. The third-order valence-electron chi connectivity index (χ3n) is 3.24. The molecule has 1 aliphatic heterocycles. The number of rotatable bonds is 2. The molecule has 0 saturated carbocycles. The van der Waals surface area contributed by atoms with Crippen molar-refractivity contribution in [3.63, 3.8) is 0 Å². The van der Waals surface area contributed by atoms with Gasteiger partial charge >= 0.3 is 0 Å². The van der Waals surface area contributed by atoms with E-state index in [2.05, 4.69) is 38.7 Å². The topological polar surface area (TPSA) is 12.5 Å². The Morgan fingerprint density at radius 1 is 1.16 bits per heavy atom. The zero-order chi connectivity index (χ0) is 14.3. The SMILES string of the molecule is CC1(C)CN(c2ccc(CCl)c(Cl)c2)CC(C)(C)O1. The normalized spacial score (nSPS) is 21.5. The van der Waals surface area contributed by atoms with E-state index >= 15 is 0 Å². The molecule has 0 bridgehead atoms. The van der Waals surface area contributed by atoms with Crippen LogP contribution in [0, 0.1) is 0 Å². The molecule has 0 aromatic heterocycles. The molecule has 0 atom stereocenters. The number of hydrogen-bond acceptors (Lipinski definition) is 2. The lowest BCUT2D eigenvalue weighted by Gasteiger charge is -2.48. The Kier molecular flexibility index (Phi) is 4.06. The van der Waals surface area contributed by atoms with E-state index < -0.39 is 0 Å². The maximum atomic E-state index is 6.25. The highest BCUT2D eigenvalue weighted by Gasteiger charge is 2.38. The van der Waals surface area contributed by atoms with Crippen LogP contribution in [-0.4, -0.2) is 24.3 Å². The number of hydrogen-bond donors (Lipinski definition) is 0. The maximum absolute atomic E-state index is 6.25.